The molecule has 3 N–H and O–H groups in total. The fourth-order valence-electron chi connectivity index (χ4n) is 2.54. The highest BCUT2D eigenvalue weighted by Gasteiger charge is 2.34. The number of likely N-dealkylation sites (tertiary alicyclic amines) is 1. The molecule has 2 unspecified atom stereocenters. The Hall–Kier alpha value is -1.10. The van der Waals surface area contributed by atoms with E-state index in [1.807, 2.05) is 11.8 Å². The number of nitrogens with one attached hydrogen (secondary N) is 1. The van der Waals surface area contributed by atoms with Gasteiger partial charge in [-0.1, -0.05) is 0 Å². The topological polar surface area (TPSA) is 75.4 Å². The van der Waals surface area contributed by atoms with Crippen LogP contribution in [-0.4, -0.2) is 41.4 Å². The van der Waals surface area contributed by atoms with Gasteiger partial charge in [-0.05, 0) is 26.2 Å². The monoisotopic (exact) mass is 225 g/mol. The highest BCUT2D eigenvalue weighted by molar-refractivity contribution is 5.91. The van der Waals surface area contributed by atoms with Crippen LogP contribution in [0.15, 0.2) is 0 Å². The molecule has 0 spiro atoms. The predicted octanol–water partition coefficient (Wildman–Crippen LogP) is -0.397. The fraction of sp³-hybridized carbons (Fsp3) is 0.818. The zero-order chi connectivity index (χ0) is 11.7. The lowest BCUT2D eigenvalue weighted by atomic mass is 9.98. The fourth-order valence-corrected chi connectivity index (χ4v) is 2.54. The van der Waals surface area contributed by atoms with Gasteiger partial charge in [0.15, 0.2) is 0 Å². The van der Waals surface area contributed by atoms with Gasteiger partial charge in [0.1, 0.15) is 6.04 Å². The van der Waals surface area contributed by atoms with E-state index in [-0.39, 0.29) is 29.9 Å². The maximum absolute atomic E-state index is 12.1. The Morgan fingerprint density at radius 2 is 2.25 bits per heavy atom. The van der Waals surface area contributed by atoms with Crippen molar-refractivity contribution < 1.29 is 9.59 Å². The number of nitrogens with two attached hydrogens (primary N) is 1. The molecule has 2 aliphatic rings. The molecule has 0 saturated carbocycles. The van der Waals surface area contributed by atoms with Gasteiger partial charge in [-0.2, -0.15) is 0 Å². The lowest BCUT2D eigenvalue weighted by Gasteiger charge is -2.37. The molecule has 5 heteroatoms. The molecule has 0 aliphatic carbocycles. The van der Waals surface area contributed by atoms with E-state index in [2.05, 4.69) is 5.32 Å². The summed E-state index contributed by atoms with van der Waals surface area (Å²) in [4.78, 5) is 25.1. The number of carbonyl (C=O) groups is 2. The summed E-state index contributed by atoms with van der Waals surface area (Å²) < 4.78 is 0. The van der Waals surface area contributed by atoms with E-state index in [4.69, 9.17) is 5.73 Å². The number of amides is 2. The van der Waals surface area contributed by atoms with Crippen LogP contribution < -0.4 is 11.1 Å². The Balaban J connectivity index is 1.96. The molecule has 2 amide bonds. The average molecular weight is 225 g/mol. The Bertz CT molecular complexity index is 306. The molecular formula is C11H19N3O2. The quantitative estimate of drug-likeness (QED) is 0.638. The molecule has 2 fully saturated rings. The van der Waals surface area contributed by atoms with Gasteiger partial charge in [-0.15, -0.1) is 0 Å². The van der Waals surface area contributed by atoms with E-state index in [9.17, 15) is 9.59 Å². The summed E-state index contributed by atoms with van der Waals surface area (Å²) in [6, 6.07) is 0.0928. The van der Waals surface area contributed by atoms with E-state index in [0.717, 1.165) is 12.8 Å². The second-order valence-corrected chi connectivity index (χ2v) is 4.82. The molecule has 5 nitrogen and oxygen atoms in total. The second kappa shape index (κ2) is 4.41. The van der Waals surface area contributed by atoms with Gasteiger partial charge in [0, 0.05) is 25.0 Å². The third-order valence-electron chi connectivity index (χ3n) is 3.49. The first-order valence-corrected chi connectivity index (χ1v) is 5.93. The third-order valence-corrected chi connectivity index (χ3v) is 3.49. The van der Waals surface area contributed by atoms with Crippen molar-refractivity contribution in [3.8, 4) is 0 Å². The summed E-state index contributed by atoms with van der Waals surface area (Å²) in [5, 5.41) is 2.72. The largest absolute Gasteiger partial charge is 0.344 e. The Kier molecular flexibility index (Phi) is 3.14. The number of carbonyl (C=O) groups excluding carboxylic acids is 2. The highest BCUT2D eigenvalue weighted by atomic mass is 16.2. The molecule has 0 aromatic carbocycles. The van der Waals surface area contributed by atoms with Crippen LogP contribution in [0.25, 0.3) is 0 Å². The number of rotatable bonds is 1. The van der Waals surface area contributed by atoms with Crippen LogP contribution in [0, 0.1) is 0 Å². The summed E-state index contributed by atoms with van der Waals surface area (Å²) >= 11 is 0. The zero-order valence-electron chi connectivity index (χ0n) is 9.61. The Labute approximate surface area is 95.3 Å². The summed E-state index contributed by atoms with van der Waals surface area (Å²) in [6.07, 6.45) is 2.81. The standard InChI is InChI=1S/C11H19N3O2/c1-7-6-8(12)4-5-14(7)11(16)9-2-3-10(15)13-9/h7-9H,2-6,12H2,1H3,(H,13,15)/t7?,8?,9-/m1/s1. The molecule has 0 radical (unpaired) electrons. The van der Waals surface area contributed by atoms with Gasteiger partial charge in [-0.25, -0.2) is 0 Å². The van der Waals surface area contributed by atoms with Gasteiger partial charge in [0.25, 0.3) is 0 Å². The van der Waals surface area contributed by atoms with Gasteiger partial charge in [0.2, 0.25) is 11.8 Å². The SMILES string of the molecule is CC1CC(N)CCN1C(=O)[C@H]1CCC(=O)N1. The molecule has 0 bridgehead atoms. The lowest BCUT2D eigenvalue weighted by molar-refractivity contribution is -0.137. The van der Waals surface area contributed by atoms with E-state index in [1.54, 1.807) is 0 Å². The first-order chi connectivity index (χ1) is 7.58. The molecular weight excluding hydrogens is 206 g/mol. The van der Waals surface area contributed by atoms with Crippen LogP contribution in [0.3, 0.4) is 0 Å². The zero-order valence-corrected chi connectivity index (χ0v) is 9.61. The maximum Gasteiger partial charge on any atom is 0.245 e. The van der Waals surface area contributed by atoms with Crippen LogP contribution >= 0.6 is 0 Å². The molecule has 2 rings (SSSR count). The first-order valence-electron chi connectivity index (χ1n) is 5.93. The van der Waals surface area contributed by atoms with E-state index in [1.165, 1.54) is 0 Å². The normalized spacial score (nSPS) is 35.0. The Morgan fingerprint density at radius 3 is 2.81 bits per heavy atom. The number of hydrogen-bond acceptors (Lipinski definition) is 3. The minimum atomic E-state index is -0.302. The molecule has 2 heterocycles. The average Bonchev–Trinajstić information content (AvgIpc) is 2.64. The van der Waals surface area contributed by atoms with Crippen molar-refractivity contribution in [3.05, 3.63) is 0 Å². The first kappa shape index (κ1) is 11.4. The molecule has 2 aliphatic heterocycles. The number of hydrogen-bond donors (Lipinski definition) is 2. The minimum absolute atomic E-state index is 0.0142. The molecule has 0 aromatic rings. The van der Waals surface area contributed by atoms with E-state index >= 15 is 0 Å². The number of nitrogens with zero attached hydrogens (tertiary/aromatic N) is 1. The van der Waals surface area contributed by atoms with Crippen molar-refractivity contribution in [1.82, 2.24) is 10.2 Å². The molecule has 0 aromatic heterocycles. The minimum Gasteiger partial charge on any atom is -0.344 e. The molecule has 2 saturated heterocycles. The van der Waals surface area contributed by atoms with Crippen molar-refractivity contribution in [2.75, 3.05) is 6.54 Å². The second-order valence-electron chi connectivity index (χ2n) is 4.82. The van der Waals surface area contributed by atoms with Crippen molar-refractivity contribution in [2.24, 2.45) is 5.73 Å². The summed E-state index contributed by atoms with van der Waals surface area (Å²) in [6.45, 7) is 2.74. The van der Waals surface area contributed by atoms with Crippen molar-refractivity contribution in [2.45, 2.75) is 50.7 Å². The van der Waals surface area contributed by atoms with Gasteiger partial charge >= 0.3 is 0 Å². The lowest BCUT2D eigenvalue weighted by Crippen LogP contribution is -2.53. The highest BCUT2D eigenvalue weighted by Crippen LogP contribution is 2.19. The third kappa shape index (κ3) is 2.19. The van der Waals surface area contributed by atoms with Crippen molar-refractivity contribution in [1.29, 1.82) is 0 Å². The number of piperidine rings is 1. The summed E-state index contributed by atoms with van der Waals surface area (Å²) in [5.41, 5.74) is 5.86. The van der Waals surface area contributed by atoms with Crippen LogP contribution in [0.4, 0.5) is 0 Å². The van der Waals surface area contributed by atoms with Crippen LogP contribution in [-0.2, 0) is 9.59 Å². The summed E-state index contributed by atoms with van der Waals surface area (Å²) in [5.74, 6) is 0.0463. The molecule has 16 heavy (non-hydrogen) atoms. The van der Waals surface area contributed by atoms with Crippen LogP contribution in [0.1, 0.15) is 32.6 Å². The van der Waals surface area contributed by atoms with Gasteiger partial charge < -0.3 is 16.0 Å². The molecule has 3 atom stereocenters. The summed E-state index contributed by atoms with van der Waals surface area (Å²) in [7, 11) is 0. The van der Waals surface area contributed by atoms with E-state index in [0.29, 0.717) is 19.4 Å². The van der Waals surface area contributed by atoms with E-state index < -0.39 is 0 Å². The predicted molar refractivity (Wildman–Crippen MR) is 59.5 cm³/mol. The van der Waals surface area contributed by atoms with Gasteiger partial charge in [-0.3, -0.25) is 9.59 Å². The maximum atomic E-state index is 12.1. The van der Waals surface area contributed by atoms with Crippen molar-refractivity contribution >= 4 is 11.8 Å². The smallest absolute Gasteiger partial charge is 0.245 e. The molecule has 90 valence electrons. The Morgan fingerprint density at radius 1 is 1.50 bits per heavy atom. The van der Waals surface area contributed by atoms with Crippen LogP contribution in [0.5, 0.6) is 0 Å². The van der Waals surface area contributed by atoms with Crippen molar-refractivity contribution in [3.63, 3.8) is 0 Å². The van der Waals surface area contributed by atoms with Gasteiger partial charge in [0.05, 0.1) is 0 Å². The van der Waals surface area contributed by atoms with Crippen LogP contribution in [0.2, 0.25) is 0 Å².